The van der Waals surface area contributed by atoms with Gasteiger partial charge in [0.2, 0.25) is 0 Å². The number of hydrogen-bond donors (Lipinski definition) is 2. The van der Waals surface area contributed by atoms with Gasteiger partial charge in [-0.1, -0.05) is 18.2 Å². The number of carbonyl (C=O) groups excluding carboxylic acids is 1. The fourth-order valence-electron chi connectivity index (χ4n) is 2.73. The van der Waals surface area contributed by atoms with Crippen LogP contribution in [0, 0.1) is 0 Å². The van der Waals surface area contributed by atoms with Gasteiger partial charge in [-0.3, -0.25) is 9.09 Å². The van der Waals surface area contributed by atoms with Gasteiger partial charge in [-0.2, -0.15) is 4.98 Å². The van der Waals surface area contributed by atoms with Crippen LogP contribution in [0.4, 0.5) is 10.2 Å². The van der Waals surface area contributed by atoms with Gasteiger partial charge in [0, 0.05) is 19.7 Å². The van der Waals surface area contributed by atoms with Crippen molar-refractivity contribution in [3.63, 3.8) is 0 Å². The van der Waals surface area contributed by atoms with E-state index in [4.69, 9.17) is 24.3 Å². The summed E-state index contributed by atoms with van der Waals surface area (Å²) in [4.78, 5) is 26.1. The fourth-order valence-corrected chi connectivity index (χ4v) is 4.00. The highest BCUT2D eigenvalue weighted by molar-refractivity contribution is 7.52. The number of carbonyl (C=O) groups is 1. The van der Waals surface area contributed by atoms with Crippen LogP contribution in [0.1, 0.15) is 26.5 Å². The summed E-state index contributed by atoms with van der Waals surface area (Å²) in [5.41, 5.74) is 4.69. The molecule has 1 aromatic carbocycles. The Morgan fingerprint density at radius 2 is 2.03 bits per heavy atom. The first kappa shape index (κ1) is 27.6. The van der Waals surface area contributed by atoms with Crippen LogP contribution in [0.25, 0.3) is 0 Å². The Kier molecular flexibility index (Phi) is 10.8. The summed E-state index contributed by atoms with van der Waals surface area (Å²) in [6.07, 6.45) is -1.43. The van der Waals surface area contributed by atoms with Crippen LogP contribution in [-0.2, 0) is 23.4 Å². The molecule has 0 radical (unpaired) electrons. The zero-order chi connectivity index (χ0) is 25.1. The molecule has 2 aromatic rings. The summed E-state index contributed by atoms with van der Waals surface area (Å²) in [6, 6.07) is 9.59. The molecule has 11 nitrogen and oxygen atoms in total. The molecular formula is C21H30FN4O7P. The predicted molar refractivity (Wildman–Crippen MR) is 123 cm³/mol. The van der Waals surface area contributed by atoms with Crippen molar-refractivity contribution >= 4 is 19.9 Å². The van der Waals surface area contributed by atoms with Gasteiger partial charge >= 0.3 is 13.4 Å². The number of hydrogen-bond acceptors (Lipinski definition) is 9. The largest absolute Gasteiger partial charge is 0.459 e. The topological polar surface area (TPSA) is 144 Å². The first-order valence-corrected chi connectivity index (χ1v) is 12.1. The fraction of sp³-hybridized carbons (Fsp3) is 0.476. The molecule has 0 bridgehead atoms. The van der Waals surface area contributed by atoms with Crippen LogP contribution in [0.15, 0.2) is 47.4 Å². The predicted octanol–water partition coefficient (Wildman–Crippen LogP) is 2.48. The molecule has 188 valence electrons. The molecule has 1 aliphatic heterocycles. The third-order valence-corrected chi connectivity index (χ3v) is 6.00. The van der Waals surface area contributed by atoms with Gasteiger partial charge < -0.3 is 24.5 Å². The van der Waals surface area contributed by atoms with Gasteiger partial charge in [-0.25, -0.2) is 18.8 Å². The smallest absolute Gasteiger partial charge is 0.413 e. The molecule has 0 aliphatic carbocycles. The third kappa shape index (κ3) is 8.62. The normalized spacial score (nSPS) is 21.4. The maximum Gasteiger partial charge on any atom is 0.459 e. The number of alkyl halides is 1. The zero-order valence-electron chi connectivity index (χ0n) is 19.2. The number of nitrogens with two attached hydrogens (primary N) is 1. The molecule has 34 heavy (non-hydrogen) atoms. The number of benzene rings is 1. The molecule has 1 aromatic heterocycles. The molecule has 0 saturated carbocycles. The van der Waals surface area contributed by atoms with Crippen LogP contribution in [0.3, 0.4) is 0 Å². The van der Waals surface area contributed by atoms with Gasteiger partial charge in [0.1, 0.15) is 24.0 Å². The quantitative estimate of drug-likeness (QED) is 0.369. The van der Waals surface area contributed by atoms with Gasteiger partial charge in [-0.15, -0.1) is 0 Å². The van der Waals surface area contributed by atoms with E-state index in [2.05, 4.69) is 10.1 Å². The standard InChI is InChI=1S/C17H20FN4O6P.C4H10O/c18-14-10-13(27-16(14)22-8-6-15(19)21-17(22)24)11-26-29(25,20-7-9-23)28-12-4-2-1-3-5-12;1-4(2)5-3/h1-6,8-9,13-14,16H,7,10-11H2,(H,20,25)(H2,19,21,24);4H,1-3H3. The second kappa shape index (κ2) is 13.3. The maximum atomic E-state index is 14.4. The van der Waals surface area contributed by atoms with Crippen LogP contribution in [0.2, 0.25) is 0 Å². The first-order chi connectivity index (χ1) is 16.2. The molecular weight excluding hydrogens is 470 g/mol. The van der Waals surface area contributed by atoms with Gasteiger partial charge in [0.25, 0.3) is 0 Å². The van der Waals surface area contributed by atoms with E-state index in [9.17, 15) is 18.5 Å². The zero-order valence-corrected chi connectivity index (χ0v) is 20.1. The summed E-state index contributed by atoms with van der Waals surface area (Å²) < 4.78 is 49.3. The Balaban J connectivity index is 0.000000739. The number of aldehydes is 1. The van der Waals surface area contributed by atoms with E-state index in [-0.39, 0.29) is 31.1 Å². The minimum Gasteiger partial charge on any atom is -0.413 e. The van der Waals surface area contributed by atoms with Crippen molar-refractivity contribution in [3.05, 3.63) is 53.1 Å². The number of nitrogens with one attached hydrogen (secondary N) is 1. The van der Waals surface area contributed by atoms with Crippen molar-refractivity contribution in [2.45, 2.75) is 44.9 Å². The molecule has 4 unspecified atom stereocenters. The molecule has 0 spiro atoms. The van der Waals surface area contributed by atoms with Gasteiger partial charge in [-0.05, 0) is 32.0 Å². The molecule has 13 heteroatoms. The monoisotopic (exact) mass is 500 g/mol. The average Bonchev–Trinajstić information content (AvgIpc) is 3.18. The van der Waals surface area contributed by atoms with Gasteiger partial charge in [0.15, 0.2) is 6.23 Å². The summed E-state index contributed by atoms with van der Waals surface area (Å²) in [5.74, 6) is 0.280. The Morgan fingerprint density at radius 3 is 2.62 bits per heavy atom. The Labute approximate surface area is 197 Å². The van der Waals surface area contributed by atoms with Crippen LogP contribution in [0.5, 0.6) is 5.75 Å². The number of anilines is 1. The summed E-state index contributed by atoms with van der Waals surface area (Å²) in [7, 11) is -2.22. The van der Waals surface area contributed by atoms with E-state index in [1.165, 1.54) is 12.3 Å². The number of aromatic nitrogens is 2. The Bertz CT molecular complexity index is 1010. The first-order valence-electron chi connectivity index (χ1n) is 10.5. The van der Waals surface area contributed by atoms with Crippen LogP contribution < -0.4 is 21.0 Å². The number of rotatable bonds is 10. The van der Waals surface area contributed by atoms with E-state index in [0.717, 1.165) is 4.57 Å². The second-order valence-corrected chi connectivity index (χ2v) is 9.21. The molecule has 1 fully saturated rings. The van der Waals surface area contributed by atoms with E-state index < -0.39 is 31.9 Å². The lowest BCUT2D eigenvalue weighted by molar-refractivity contribution is -0.107. The van der Waals surface area contributed by atoms with Crippen molar-refractivity contribution in [1.82, 2.24) is 14.6 Å². The molecule has 4 atom stereocenters. The minimum absolute atomic E-state index is 0.0137. The van der Waals surface area contributed by atoms with E-state index >= 15 is 0 Å². The highest BCUT2D eigenvalue weighted by Crippen LogP contribution is 2.45. The lowest BCUT2D eigenvalue weighted by Gasteiger charge is -2.21. The summed E-state index contributed by atoms with van der Waals surface area (Å²) >= 11 is 0. The molecule has 1 aliphatic rings. The highest BCUT2D eigenvalue weighted by Gasteiger charge is 2.39. The van der Waals surface area contributed by atoms with Crippen molar-refractivity contribution in [2.75, 3.05) is 26.0 Å². The molecule has 3 rings (SSSR count). The summed E-state index contributed by atoms with van der Waals surface area (Å²) in [6.45, 7) is 3.44. The number of nitrogens with zero attached hydrogens (tertiary/aromatic N) is 2. The van der Waals surface area contributed by atoms with Crippen molar-refractivity contribution in [3.8, 4) is 5.75 Å². The molecule has 3 N–H and O–H groups in total. The Hall–Kier alpha value is -2.63. The SMILES string of the molecule is COC(C)C.Nc1ccn(C2OC(COP(=O)(NCC=O)Oc3ccccc3)CC2F)c(=O)n1. The third-order valence-electron chi connectivity index (χ3n) is 4.49. The van der Waals surface area contributed by atoms with Gasteiger partial charge in [0.05, 0.1) is 25.4 Å². The maximum absolute atomic E-state index is 14.4. The minimum atomic E-state index is -3.92. The molecule has 1 saturated heterocycles. The van der Waals surface area contributed by atoms with E-state index in [0.29, 0.717) is 12.4 Å². The lowest BCUT2D eigenvalue weighted by atomic mass is 10.2. The number of para-hydroxylation sites is 1. The van der Waals surface area contributed by atoms with E-state index in [1.54, 1.807) is 37.4 Å². The molecule has 2 heterocycles. The average molecular weight is 500 g/mol. The number of ether oxygens (including phenoxy) is 2. The van der Waals surface area contributed by atoms with Crippen molar-refractivity contribution in [2.24, 2.45) is 0 Å². The van der Waals surface area contributed by atoms with E-state index in [1.807, 2.05) is 13.8 Å². The number of halogens is 1. The summed E-state index contributed by atoms with van der Waals surface area (Å²) in [5, 5.41) is 2.40. The highest BCUT2D eigenvalue weighted by atomic mass is 31.2. The van der Waals surface area contributed by atoms with Crippen molar-refractivity contribution in [1.29, 1.82) is 0 Å². The molecule has 0 amide bonds. The van der Waals surface area contributed by atoms with Crippen LogP contribution >= 0.6 is 7.75 Å². The van der Waals surface area contributed by atoms with Crippen LogP contribution in [-0.4, -0.2) is 54.5 Å². The lowest BCUT2D eigenvalue weighted by Crippen LogP contribution is -2.30. The second-order valence-electron chi connectivity index (χ2n) is 7.45. The number of nitrogen functional groups attached to an aromatic ring is 1. The van der Waals surface area contributed by atoms with Crippen molar-refractivity contribution < 1.29 is 32.3 Å². The Morgan fingerprint density at radius 1 is 1.35 bits per heavy atom. The number of methoxy groups -OCH3 is 1.